The number of hydrogen-bond donors (Lipinski definition) is 0. The number of hydrogen-bond acceptors (Lipinski definition) is 6. The van der Waals surface area contributed by atoms with Gasteiger partial charge in [-0.15, -0.1) is 11.3 Å². The minimum atomic E-state index is 0.133. The van der Waals surface area contributed by atoms with Gasteiger partial charge in [-0.1, -0.05) is 26.0 Å². The third-order valence-corrected chi connectivity index (χ3v) is 7.14. The molecule has 1 atom stereocenters. The smallest absolute Gasteiger partial charge is 0.166 e. The van der Waals surface area contributed by atoms with Crippen LogP contribution in [0.5, 0.6) is 11.5 Å². The molecule has 5 rings (SSSR count). The van der Waals surface area contributed by atoms with Crippen LogP contribution in [-0.4, -0.2) is 34.6 Å². The summed E-state index contributed by atoms with van der Waals surface area (Å²) in [4.78, 5) is 18.9. The van der Waals surface area contributed by atoms with Gasteiger partial charge in [-0.3, -0.25) is 4.79 Å². The van der Waals surface area contributed by atoms with Gasteiger partial charge in [-0.25, -0.2) is 9.50 Å². The van der Waals surface area contributed by atoms with Crippen LogP contribution in [-0.2, 0) is 6.42 Å². The van der Waals surface area contributed by atoms with E-state index in [0.29, 0.717) is 23.5 Å². The summed E-state index contributed by atoms with van der Waals surface area (Å²) < 4.78 is 12.8. The van der Waals surface area contributed by atoms with Crippen molar-refractivity contribution in [2.75, 3.05) is 14.2 Å². The third kappa shape index (κ3) is 3.28. The summed E-state index contributed by atoms with van der Waals surface area (Å²) >= 11 is 1.71. The highest BCUT2D eigenvalue weighted by atomic mass is 32.1. The Hall–Kier alpha value is -3.19. The van der Waals surface area contributed by atoms with Gasteiger partial charge in [-0.05, 0) is 41.5 Å². The van der Waals surface area contributed by atoms with Crippen molar-refractivity contribution in [2.24, 2.45) is 0 Å². The number of nitrogens with zero attached hydrogens (tertiary/aromatic N) is 3. The molecular weight excluding hydrogens is 422 g/mol. The summed E-state index contributed by atoms with van der Waals surface area (Å²) in [6, 6.07) is 10.0. The number of rotatable bonds is 5. The van der Waals surface area contributed by atoms with E-state index in [1.165, 1.54) is 4.88 Å². The molecule has 0 saturated heterocycles. The molecular formula is C25H25N3O3S. The average Bonchev–Trinajstić information content (AvgIpc) is 3.47. The first-order chi connectivity index (χ1) is 15.5. The summed E-state index contributed by atoms with van der Waals surface area (Å²) in [6.45, 7) is 4.25. The molecule has 0 saturated carbocycles. The molecule has 164 valence electrons. The van der Waals surface area contributed by atoms with Gasteiger partial charge < -0.3 is 9.47 Å². The second-order valence-corrected chi connectivity index (χ2v) is 9.36. The maximum Gasteiger partial charge on any atom is 0.166 e. The SMILES string of the molecule is COc1ccc(-c2c(C(C)C)nn3c4c(cnc23)C(=O)CC(c2cccs2)C4)cc1OC. The van der Waals surface area contributed by atoms with Crippen molar-refractivity contribution in [1.29, 1.82) is 0 Å². The molecule has 1 aromatic carbocycles. The first kappa shape index (κ1) is 20.7. The van der Waals surface area contributed by atoms with Crippen LogP contribution in [0.15, 0.2) is 41.9 Å². The number of methoxy groups -OCH3 is 2. The quantitative estimate of drug-likeness (QED) is 0.404. The van der Waals surface area contributed by atoms with Crippen molar-refractivity contribution in [1.82, 2.24) is 14.6 Å². The maximum atomic E-state index is 13.0. The zero-order chi connectivity index (χ0) is 22.4. The van der Waals surface area contributed by atoms with Crippen molar-refractivity contribution in [3.8, 4) is 22.6 Å². The Morgan fingerprint density at radius 3 is 2.62 bits per heavy atom. The monoisotopic (exact) mass is 447 g/mol. The number of carbonyl (C=O) groups is 1. The van der Waals surface area contributed by atoms with E-state index >= 15 is 0 Å². The minimum absolute atomic E-state index is 0.133. The van der Waals surface area contributed by atoms with E-state index in [4.69, 9.17) is 19.6 Å². The van der Waals surface area contributed by atoms with Gasteiger partial charge in [0.1, 0.15) is 0 Å². The second kappa shape index (κ2) is 8.06. The molecule has 0 N–H and O–H groups in total. The molecule has 6 nitrogen and oxygen atoms in total. The Morgan fingerprint density at radius 1 is 1.12 bits per heavy atom. The highest BCUT2D eigenvalue weighted by molar-refractivity contribution is 7.10. The molecule has 0 fully saturated rings. The number of Topliss-reactive ketones (excluding diaryl/α,β-unsaturated/α-hetero) is 1. The fourth-order valence-corrected chi connectivity index (χ4v) is 5.34. The Bertz CT molecular complexity index is 1310. The molecule has 1 aliphatic carbocycles. The molecule has 1 unspecified atom stereocenters. The second-order valence-electron chi connectivity index (χ2n) is 8.38. The van der Waals surface area contributed by atoms with Crippen molar-refractivity contribution in [2.45, 2.75) is 38.5 Å². The van der Waals surface area contributed by atoms with E-state index in [1.54, 1.807) is 31.8 Å². The van der Waals surface area contributed by atoms with E-state index in [0.717, 1.165) is 34.6 Å². The molecule has 7 heteroatoms. The van der Waals surface area contributed by atoms with Gasteiger partial charge in [0.15, 0.2) is 22.9 Å². The predicted octanol–water partition coefficient (Wildman–Crippen LogP) is 5.51. The van der Waals surface area contributed by atoms with Crippen LogP contribution in [0.2, 0.25) is 0 Å². The standard InChI is InChI=1S/C25H25N3O3S/c1-14(2)24-23(15-7-8-20(30-3)21(12-15)31-4)25-26-13-17-18(28(25)27-24)10-16(11-19(17)29)22-6-5-9-32-22/h5-9,12-14,16H,10-11H2,1-4H3. The van der Waals surface area contributed by atoms with Gasteiger partial charge in [0, 0.05) is 23.4 Å². The molecule has 0 bridgehead atoms. The fourth-order valence-electron chi connectivity index (χ4n) is 4.51. The topological polar surface area (TPSA) is 65.7 Å². The summed E-state index contributed by atoms with van der Waals surface area (Å²) in [5.41, 5.74) is 5.27. The highest BCUT2D eigenvalue weighted by Gasteiger charge is 2.31. The Kier molecular flexibility index (Phi) is 5.21. The lowest BCUT2D eigenvalue weighted by molar-refractivity contribution is 0.0962. The van der Waals surface area contributed by atoms with Gasteiger partial charge in [0.05, 0.1) is 36.7 Å². The molecule has 0 amide bonds. The van der Waals surface area contributed by atoms with Gasteiger partial charge >= 0.3 is 0 Å². The molecule has 32 heavy (non-hydrogen) atoms. The number of aromatic nitrogens is 3. The molecule has 0 spiro atoms. The lowest BCUT2D eigenvalue weighted by Gasteiger charge is -2.23. The summed E-state index contributed by atoms with van der Waals surface area (Å²) in [6.07, 6.45) is 3.01. The number of thiophene rings is 1. The van der Waals surface area contributed by atoms with E-state index < -0.39 is 0 Å². The average molecular weight is 448 g/mol. The van der Waals surface area contributed by atoms with E-state index in [9.17, 15) is 4.79 Å². The molecule has 4 aromatic rings. The van der Waals surface area contributed by atoms with E-state index in [-0.39, 0.29) is 17.6 Å². The van der Waals surface area contributed by atoms with Crippen molar-refractivity contribution >= 4 is 22.8 Å². The number of ketones is 1. The number of carbonyl (C=O) groups excluding carboxylic acids is 1. The van der Waals surface area contributed by atoms with Gasteiger partial charge in [0.25, 0.3) is 0 Å². The lowest BCUT2D eigenvalue weighted by Crippen LogP contribution is -2.22. The number of benzene rings is 1. The Morgan fingerprint density at radius 2 is 1.94 bits per heavy atom. The normalized spacial score (nSPS) is 15.9. The first-order valence-corrected chi connectivity index (χ1v) is 11.6. The van der Waals surface area contributed by atoms with Crippen LogP contribution in [0.4, 0.5) is 0 Å². The van der Waals surface area contributed by atoms with E-state index in [2.05, 4.69) is 25.3 Å². The molecule has 0 aliphatic heterocycles. The lowest BCUT2D eigenvalue weighted by atomic mass is 9.85. The molecule has 3 aromatic heterocycles. The summed E-state index contributed by atoms with van der Waals surface area (Å²) in [7, 11) is 3.26. The largest absolute Gasteiger partial charge is 0.493 e. The van der Waals surface area contributed by atoms with Crippen LogP contribution in [0, 0.1) is 0 Å². The fraction of sp³-hybridized carbons (Fsp3) is 0.320. The minimum Gasteiger partial charge on any atom is -0.493 e. The van der Waals surface area contributed by atoms with Crippen LogP contribution < -0.4 is 9.47 Å². The Labute approximate surface area is 190 Å². The molecule has 3 heterocycles. The highest BCUT2D eigenvalue weighted by Crippen LogP contribution is 2.40. The summed E-state index contributed by atoms with van der Waals surface area (Å²) in [5, 5.41) is 7.05. The Balaban J connectivity index is 1.72. The number of ether oxygens (including phenoxy) is 2. The number of fused-ring (bicyclic) bond motifs is 3. The zero-order valence-corrected chi connectivity index (χ0v) is 19.4. The van der Waals surface area contributed by atoms with Crippen molar-refractivity contribution in [3.63, 3.8) is 0 Å². The zero-order valence-electron chi connectivity index (χ0n) is 18.6. The van der Waals surface area contributed by atoms with Crippen molar-refractivity contribution in [3.05, 3.63) is 63.7 Å². The predicted molar refractivity (Wildman–Crippen MR) is 125 cm³/mol. The van der Waals surface area contributed by atoms with Crippen LogP contribution in [0.25, 0.3) is 16.8 Å². The van der Waals surface area contributed by atoms with Gasteiger partial charge in [0.2, 0.25) is 0 Å². The molecule has 1 aliphatic rings. The van der Waals surface area contributed by atoms with E-state index in [1.807, 2.05) is 28.8 Å². The molecule has 0 radical (unpaired) electrons. The van der Waals surface area contributed by atoms with Crippen LogP contribution in [0.3, 0.4) is 0 Å². The van der Waals surface area contributed by atoms with Gasteiger partial charge in [-0.2, -0.15) is 5.10 Å². The van der Waals surface area contributed by atoms with Crippen molar-refractivity contribution < 1.29 is 14.3 Å². The van der Waals surface area contributed by atoms with Crippen LogP contribution >= 0.6 is 11.3 Å². The summed E-state index contributed by atoms with van der Waals surface area (Å²) in [5.74, 6) is 1.83. The maximum absolute atomic E-state index is 13.0. The third-order valence-electron chi connectivity index (χ3n) is 6.11. The first-order valence-electron chi connectivity index (χ1n) is 10.7. The van der Waals surface area contributed by atoms with Crippen LogP contribution in [0.1, 0.15) is 58.7 Å².